The number of carboxylic acid groups (broad SMARTS) is 1. The molecule has 3 aromatic carbocycles. The van der Waals surface area contributed by atoms with Crippen molar-refractivity contribution in [3.05, 3.63) is 89.5 Å². The molecule has 0 heterocycles. The van der Waals surface area contributed by atoms with Gasteiger partial charge in [-0.1, -0.05) is 57.2 Å². The van der Waals surface area contributed by atoms with Gasteiger partial charge in [-0.05, 0) is 82.8 Å². The first-order valence-corrected chi connectivity index (χ1v) is 12.6. The smallest absolute Gasteiger partial charge is 0.335 e. The number of anilines is 2. The largest absolute Gasteiger partial charge is 0.505 e. The van der Waals surface area contributed by atoms with Gasteiger partial charge >= 0.3 is 5.97 Å². The number of nitrogens with zero attached hydrogens (tertiary/aromatic N) is 2. The third kappa shape index (κ3) is 9.83. The third-order valence-corrected chi connectivity index (χ3v) is 5.50. The zero-order valence-corrected chi connectivity index (χ0v) is 24.1. The lowest BCUT2D eigenvalue weighted by Crippen LogP contribution is -2.04. The molecule has 3 N–H and O–H groups in total. The molecule has 202 valence electrons. The summed E-state index contributed by atoms with van der Waals surface area (Å²) in [7, 11) is 4.67. The van der Waals surface area contributed by atoms with Crippen LogP contribution in [0.15, 0.2) is 77.9 Å². The van der Waals surface area contributed by atoms with Crippen LogP contribution in [0.4, 0.5) is 11.4 Å². The maximum atomic E-state index is 11.1. The molecule has 1 unspecified atom stereocenters. The number of carbonyl (C=O) groups excluding carboxylic acids is 1. The molecule has 0 aliphatic heterocycles. The number of aryl methyl sites for hydroxylation is 2. The van der Waals surface area contributed by atoms with Gasteiger partial charge in [-0.15, -0.1) is 0 Å². The highest BCUT2D eigenvalue weighted by atomic mass is 31.0. The monoisotopic (exact) mass is 535 g/mol. The molecule has 7 nitrogen and oxygen atoms in total. The number of carbonyl (C=O) groups is 2. The van der Waals surface area contributed by atoms with E-state index in [4.69, 9.17) is 5.11 Å². The van der Waals surface area contributed by atoms with Crippen molar-refractivity contribution in [3.63, 3.8) is 0 Å². The summed E-state index contributed by atoms with van der Waals surface area (Å²) in [6.45, 7) is 13.8. The van der Waals surface area contributed by atoms with Crippen LogP contribution in [-0.2, 0) is 4.79 Å². The van der Waals surface area contributed by atoms with Gasteiger partial charge in [-0.25, -0.2) is 4.79 Å². The van der Waals surface area contributed by atoms with Crippen molar-refractivity contribution in [2.24, 2.45) is 5.10 Å². The van der Waals surface area contributed by atoms with Crippen molar-refractivity contribution in [1.82, 2.24) is 0 Å². The molecule has 0 aliphatic carbocycles. The van der Waals surface area contributed by atoms with E-state index in [-0.39, 0.29) is 22.7 Å². The van der Waals surface area contributed by atoms with Gasteiger partial charge in [-0.2, -0.15) is 5.10 Å². The maximum absolute atomic E-state index is 11.1. The highest BCUT2D eigenvalue weighted by Crippen LogP contribution is 2.35. The first kappa shape index (κ1) is 32.1. The second kappa shape index (κ2) is 16.0. The fraction of sp³-hybridized carbons (Fsp3) is 0.233. The topological polar surface area (TPSA) is 102 Å². The molecule has 3 rings (SSSR count). The average Bonchev–Trinajstić information content (AvgIpc) is 2.87. The number of aromatic carboxylic acids is 1. The fourth-order valence-electron chi connectivity index (χ4n) is 2.97. The molecule has 0 radical (unpaired) electrons. The van der Waals surface area contributed by atoms with Crippen LogP contribution in [0.25, 0.3) is 11.1 Å². The Morgan fingerprint density at radius 1 is 1.08 bits per heavy atom. The fourth-order valence-corrected chi connectivity index (χ4v) is 3.13. The van der Waals surface area contributed by atoms with Crippen LogP contribution in [0.1, 0.15) is 48.7 Å². The van der Waals surface area contributed by atoms with Crippen LogP contribution in [0, 0.1) is 13.8 Å². The number of aromatic hydroxyl groups is 1. The number of phenolic OH excluding ortho intramolecular Hbond substituents is 1. The summed E-state index contributed by atoms with van der Waals surface area (Å²) in [6.07, 6.45) is 1.81. The zero-order chi connectivity index (χ0) is 28.8. The Balaban J connectivity index is 0.000000428. The molecule has 0 spiro atoms. The number of carboxylic acids is 1. The lowest BCUT2D eigenvalue weighted by molar-refractivity contribution is -0.102. The predicted molar refractivity (Wildman–Crippen MR) is 162 cm³/mol. The SMILES string of the molecule is C=C(C)/C(C=O)=N/Nc1cccc(-c2cccc(C(=O)O)c2)c1O.CCC.Cc1ccc(N(C)P)cc1C. The first-order chi connectivity index (χ1) is 18.0. The van der Waals surface area contributed by atoms with Crippen molar-refractivity contribution < 1.29 is 19.8 Å². The third-order valence-electron chi connectivity index (χ3n) is 5.20. The predicted octanol–water partition coefficient (Wildman–Crippen LogP) is 7.25. The molecule has 0 saturated heterocycles. The first-order valence-electron chi connectivity index (χ1n) is 12.1. The highest BCUT2D eigenvalue weighted by Gasteiger charge is 2.11. The van der Waals surface area contributed by atoms with E-state index >= 15 is 0 Å². The number of para-hydroxylation sites is 1. The Morgan fingerprint density at radius 3 is 2.24 bits per heavy atom. The Hall–Kier alpha value is -3.96. The van der Waals surface area contributed by atoms with Crippen LogP contribution in [0.2, 0.25) is 0 Å². The second-order valence-electron chi connectivity index (χ2n) is 8.68. The van der Waals surface area contributed by atoms with Gasteiger partial charge in [0.15, 0.2) is 6.29 Å². The molecule has 0 aliphatic rings. The van der Waals surface area contributed by atoms with Crippen LogP contribution >= 0.6 is 9.39 Å². The molecule has 0 bridgehead atoms. The quantitative estimate of drug-likeness (QED) is 0.0969. The molecule has 0 fully saturated rings. The molecule has 3 aromatic rings. The number of benzene rings is 3. The van der Waals surface area contributed by atoms with Crippen molar-refractivity contribution >= 4 is 38.7 Å². The Labute approximate surface area is 228 Å². The number of hydrogen-bond acceptors (Lipinski definition) is 6. The summed E-state index contributed by atoms with van der Waals surface area (Å²) < 4.78 is 2.03. The van der Waals surface area contributed by atoms with E-state index in [0.717, 1.165) is 0 Å². The van der Waals surface area contributed by atoms with Gasteiger partial charge in [0, 0.05) is 18.3 Å². The second-order valence-corrected chi connectivity index (χ2v) is 9.46. The van der Waals surface area contributed by atoms with Gasteiger partial charge < -0.3 is 14.9 Å². The summed E-state index contributed by atoms with van der Waals surface area (Å²) in [4.78, 5) is 22.0. The number of rotatable bonds is 7. The van der Waals surface area contributed by atoms with Gasteiger partial charge in [0.25, 0.3) is 0 Å². The van der Waals surface area contributed by atoms with Gasteiger partial charge in [0.2, 0.25) is 0 Å². The number of allylic oxidation sites excluding steroid dienone is 1. The number of nitrogens with one attached hydrogen (secondary N) is 1. The maximum Gasteiger partial charge on any atom is 0.335 e. The van der Waals surface area contributed by atoms with E-state index in [1.165, 1.54) is 35.4 Å². The molecule has 8 heteroatoms. The molecule has 0 aromatic heterocycles. The van der Waals surface area contributed by atoms with Crippen molar-refractivity contribution in [2.45, 2.75) is 41.0 Å². The van der Waals surface area contributed by atoms with Crippen LogP contribution in [0.3, 0.4) is 0 Å². The lowest BCUT2D eigenvalue weighted by Gasteiger charge is -2.13. The van der Waals surface area contributed by atoms with Gasteiger partial charge in [0.1, 0.15) is 11.5 Å². The highest BCUT2D eigenvalue weighted by molar-refractivity contribution is 7.19. The Bertz CT molecular complexity index is 1290. The molecular weight excluding hydrogens is 497 g/mol. The van der Waals surface area contributed by atoms with Gasteiger partial charge in [0.05, 0.1) is 11.3 Å². The molecule has 1 atom stereocenters. The normalized spacial score (nSPS) is 10.2. The summed E-state index contributed by atoms with van der Waals surface area (Å²) in [5.41, 5.74) is 8.57. The molecule has 0 saturated carbocycles. The minimum Gasteiger partial charge on any atom is -0.505 e. The lowest BCUT2D eigenvalue weighted by atomic mass is 10.0. The van der Waals surface area contributed by atoms with E-state index in [1.54, 1.807) is 37.3 Å². The van der Waals surface area contributed by atoms with Crippen LogP contribution in [-0.4, -0.2) is 35.2 Å². The molecule has 38 heavy (non-hydrogen) atoms. The standard InChI is InChI=1S/C18H16N2O4.C9H14NP.C3H8/c1-11(2)16(10-21)20-19-15-8-4-7-14(17(15)22)12-5-3-6-13(9-12)18(23)24;1-7-4-5-9(10(3)11)6-8(7)2;1-3-2/h3-10,19,22H,1H2,2H3,(H,23,24);4-6H,11H2,1-3H3;3H2,1-2H3/b20-16+;;. The summed E-state index contributed by atoms with van der Waals surface area (Å²) >= 11 is 0. The molecule has 0 amide bonds. The van der Waals surface area contributed by atoms with Crippen molar-refractivity contribution in [3.8, 4) is 16.9 Å². The van der Waals surface area contributed by atoms with Crippen LogP contribution < -0.4 is 10.1 Å². The van der Waals surface area contributed by atoms with E-state index in [1.807, 2.05) is 11.7 Å². The summed E-state index contributed by atoms with van der Waals surface area (Å²) in [5.74, 6) is -1.15. The zero-order valence-electron chi connectivity index (χ0n) is 22.9. The van der Waals surface area contributed by atoms with Crippen molar-refractivity contribution in [2.75, 3.05) is 17.1 Å². The minimum atomic E-state index is -1.05. The Morgan fingerprint density at radius 2 is 1.71 bits per heavy atom. The van der Waals surface area contributed by atoms with E-state index in [2.05, 4.69) is 72.4 Å². The molecular formula is C30H38N3O4P. The Kier molecular flexibility index (Phi) is 13.5. The average molecular weight is 536 g/mol. The van der Waals surface area contributed by atoms with E-state index < -0.39 is 5.97 Å². The van der Waals surface area contributed by atoms with Gasteiger partial charge in [-0.3, -0.25) is 10.2 Å². The van der Waals surface area contributed by atoms with Crippen molar-refractivity contribution in [1.29, 1.82) is 0 Å². The minimum absolute atomic E-state index is 0.101. The summed E-state index contributed by atoms with van der Waals surface area (Å²) in [6, 6.07) is 17.6. The van der Waals surface area contributed by atoms with E-state index in [9.17, 15) is 14.7 Å². The number of hydrazone groups is 1. The summed E-state index contributed by atoms with van der Waals surface area (Å²) in [5, 5.41) is 23.4. The number of aldehydes is 1. The number of phenols is 1. The van der Waals surface area contributed by atoms with E-state index in [0.29, 0.717) is 23.0 Å². The van der Waals surface area contributed by atoms with Crippen LogP contribution in [0.5, 0.6) is 5.75 Å². The number of hydrogen-bond donors (Lipinski definition) is 3.